The Bertz CT molecular complexity index is 248. The lowest BCUT2D eigenvalue weighted by molar-refractivity contribution is 0.224. The number of hydrogen-bond donors (Lipinski definition) is 1. The summed E-state index contributed by atoms with van der Waals surface area (Å²) in [5.41, 5.74) is 6.01. The minimum absolute atomic E-state index is 0.216. The predicted molar refractivity (Wildman–Crippen MR) is 63.3 cm³/mol. The molecule has 1 saturated heterocycles. The molecule has 80 valence electrons. The maximum atomic E-state index is 5.80. The molecular formula is C11H20N2S. The van der Waals surface area contributed by atoms with Gasteiger partial charge in [-0.15, -0.1) is 0 Å². The summed E-state index contributed by atoms with van der Waals surface area (Å²) in [5, 5.41) is 0. The second-order valence-corrected chi connectivity index (χ2v) is 5.56. The third-order valence-corrected chi connectivity index (χ3v) is 4.59. The van der Waals surface area contributed by atoms with Crippen LogP contribution in [0.5, 0.6) is 0 Å². The molecule has 3 heteroatoms. The van der Waals surface area contributed by atoms with Crippen LogP contribution in [-0.4, -0.2) is 29.0 Å². The highest BCUT2D eigenvalue weighted by molar-refractivity contribution is 7.80. The Hall–Kier alpha value is -0.150. The quantitative estimate of drug-likeness (QED) is 0.723. The molecule has 1 aliphatic heterocycles. The van der Waals surface area contributed by atoms with Gasteiger partial charge < -0.3 is 5.73 Å². The fourth-order valence-electron chi connectivity index (χ4n) is 2.42. The molecule has 0 aromatic rings. The zero-order valence-electron chi connectivity index (χ0n) is 9.12. The van der Waals surface area contributed by atoms with Gasteiger partial charge in [-0.25, -0.2) is 0 Å². The topological polar surface area (TPSA) is 29.3 Å². The van der Waals surface area contributed by atoms with Gasteiger partial charge in [0.15, 0.2) is 0 Å². The van der Waals surface area contributed by atoms with Gasteiger partial charge in [0.25, 0.3) is 0 Å². The number of thiocarbonyl (C=S) groups is 1. The van der Waals surface area contributed by atoms with Crippen LogP contribution < -0.4 is 5.73 Å². The Morgan fingerprint density at radius 3 is 2.50 bits per heavy atom. The molecule has 2 nitrogen and oxygen atoms in total. The lowest BCUT2D eigenvalue weighted by Gasteiger charge is -2.27. The van der Waals surface area contributed by atoms with Gasteiger partial charge in [0.1, 0.15) is 0 Å². The minimum atomic E-state index is 0.216. The second-order valence-electron chi connectivity index (χ2n) is 5.12. The number of nitrogens with two attached hydrogens (primary N) is 1. The Kier molecular flexibility index (Phi) is 2.56. The van der Waals surface area contributed by atoms with E-state index in [-0.39, 0.29) is 5.41 Å². The molecule has 1 saturated carbocycles. The average molecular weight is 212 g/mol. The van der Waals surface area contributed by atoms with Crippen LogP contribution in [-0.2, 0) is 0 Å². The fourth-order valence-corrected chi connectivity index (χ4v) is 2.69. The van der Waals surface area contributed by atoms with Crippen LogP contribution >= 0.6 is 12.2 Å². The van der Waals surface area contributed by atoms with Crippen molar-refractivity contribution in [2.75, 3.05) is 13.1 Å². The van der Waals surface area contributed by atoms with E-state index < -0.39 is 0 Å². The third-order valence-electron chi connectivity index (χ3n) is 4.15. The van der Waals surface area contributed by atoms with Crippen molar-refractivity contribution in [1.82, 2.24) is 4.90 Å². The first-order valence-corrected chi connectivity index (χ1v) is 6.00. The van der Waals surface area contributed by atoms with Crippen LogP contribution in [0.4, 0.5) is 0 Å². The van der Waals surface area contributed by atoms with Gasteiger partial charge in [0.05, 0.1) is 4.99 Å². The molecule has 0 aromatic carbocycles. The maximum Gasteiger partial charge on any atom is 0.0802 e. The number of nitrogens with zero attached hydrogens (tertiary/aromatic N) is 1. The summed E-state index contributed by atoms with van der Waals surface area (Å²) in [6, 6.07) is 0.710. The first-order chi connectivity index (χ1) is 6.55. The molecule has 2 fully saturated rings. The average Bonchev–Trinajstić information content (AvgIpc) is 2.85. The van der Waals surface area contributed by atoms with Gasteiger partial charge in [-0.2, -0.15) is 0 Å². The van der Waals surface area contributed by atoms with E-state index in [0.29, 0.717) is 6.04 Å². The number of likely N-dealkylation sites (tertiary alicyclic amines) is 1. The summed E-state index contributed by atoms with van der Waals surface area (Å²) in [6.07, 6.45) is 3.74. The SMILES string of the molecule is CC1CCN(CC2(C(N)=S)CC2)C1C. The normalized spacial score (nSPS) is 35.9. The molecule has 2 rings (SSSR count). The van der Waals surface area contributed by atoms with E-state index in [9.17, 15) is 0 Å². The van der Waals surface area contributed by atoms with Crippen molar-refractivity contribution < 1.29 is 0 Å². The second kappa shape index (κ2) is 3.46. The van der Waals surface area contributed by atoms with Gasteiger partial charge in [0, 0.05) is 18.0 Å². The van der Waals surface area contributed by atoms with Crippen LogP contribution in [0, 0.1) is 11.3 Å². The van der Waals surface area contributed by atoms with Crippen molar-refractivity contribution in [2.45, 2.75) is 39.2 Å². The van der Waals surface area contributed by atoms with Crippen molar-refractivity contribution in [3.05, 3.63) is 0 Å². The molecule has 0 radical (unpaired) electrons. The lowest BCUT2D eigenvalue weighted by Crippen LogP contribution is -2.39. The zero-order chi connectivity index (χ0) is 10.3. The standard InChI is InChI=1S/C11H20N2S/c1-8-3-6-13(9(8)2)7-11(4-5-11)10(12)14/h8-9H,3-7H2,1-2H3,(H2,12,14). The van der Waals surface area contributed by atoms with E-state index in [1.165, 1.54) is 25.8 Å². The van der Waals surface area contributed by atoms with Gasteiger partial charge in [-0.1, -0.05) is 19.1 Å². The van der Waals surface area contributed by atoms with Crippen LogP contribution in [0.3, 0.4) is 0 Å². The smallest absolute Gasteiger partial charge is 0.0802 e. The molecule has 2 unspecified atom stereocenters. The molecule has 1 aliphatic carbocycles. The summed E-state index contributed by atoms with van der Waals surface area (Å²) in [6.45, 7) is 7.00. The Morgan fingerprint density at radius 2 is 2.14 bits per heavy atom. The molecule has 1 heterocycles. The van der Waals surface area contributed by atoms with E-state index in [4.69, 9.17) is 18.0 Å². The van der Waals surface area contributed by atoms with Crippen molar-refractivity contribution in [3.8, 4) is 0 Å². The highest BCUT2D eigenvalue weighted by Gasteiger charge is 2.48. The largest absolute Gasteiger partial charge is 0.393 e. The molecule has 0 bridgehead atoms. The monoisotopic (exact) mass is 212 g/mol. The number of rotatable bonds is 3. The lowest BCUT2D eigenvalue weighted by atomic mass is 10.0. The third kappa shape index (κ3) is 1.68. The molecule has 2 N–H and O–H groups in total. The van der Waals surface area contributed by atoms with E-state index in [1.807, 2.05) is 0 Å². The molecule has 0 amide bonds. The van der Waals surface area contributed by atoms with Crippen molar-refractivity contribution >= 4 is 17.2 Å². The molecule has 2 atom stereocenters. The Labute approximate surface area is 91.8 Å². The fraction of sp³-hybridized carbons (Fsp3) is 0.909. The van der Waals surface area contributed by atoms with Gasteiger partial charge >= 0.3 is 0 Å². The maximum absolute atomic E-state index is 5.80. The van der Waals surface area contributed by atoms with Crippen molar-refractivity contribution in [3.63, 3.8) is 0 Å². The Morgan fingerprint density at radius 1 is 1.50 bits per heavy atom. The van der Waals surface area contributed by atoms with Crippen molar-refractivity contribution in [1.29, 1.82) is 0 Å². The highest BCUT2D eigenvalue weighted by atomic mass is 32.1. The molecule has 14 heavy (non-hydrogen) atoms. The van der Waals surface area contributed by atoms with E-state index in [2.05, 4.69) is 18.7 Å². The van der Waals surface area contributed by atoms with Crippen LogP contribution in [0.1, 0.15) is 33.1 Å². The number of hydrogen-bond acceptors (Lipinski definition) is 2. The zero-order valence-corrected chi connectivity index (χ0v) is 9.94. The first-order valence-electron chi connectivity index (χ1n) is 5.59. The van der Waals surface area contributed by atoms with E-state index in [1.54, 1.807) is 0 Å². The van der Waals surface area contributed by atoms with Crippen LogP contribution in [0.15, 0.2) is 0 Å². The summed E-state index contributed by atoms with van der Waals surface area (Å²) < 4.78 is 0. The van der Waals surface area contributed by atoms with E-state index >= 15 is 0 Å². The highest BCUT2D eigenvalue weighted by Crippen LogP contribution is 2.47. The summed E-state index contributed by atoms with van der Waals surface area (Å²) in [7, 11) is 0. The van der Waals surface area contributed by atoms with Gasteiger partial charge in [-0.05, 0) is 38.6 Å². The van der Waals surface area contributed by atoms with Crippen molar-refractivity contribution in [2.24, 2.45) is 17.1 Å². The van der Waals surface area contributed by atoms with Gasteiger partial charge in [-0.3, -0.25) is 4.90 Å². The molecular weight excluding hydrogens is 192 g/mol. The minimum Gasteiger partial charge on any atom is -0.393 e. The van der Waals surface area contributed by atoms with Crippen LogP contribution in [0.25, 0.3) is 0 Å². The van der Waals surface area contributed by atoms with E-state index in [0.717, 1.165) is 17.5 Å². The molecule has 0 aromatic heterocycles. The first kappa shape index (κ1) is 10.4. The van der Waals surface area contributed by atoms with Crippen LogP contribution in [0.2, 0.25) is 0 Å². The molecule has 0 spiro atoms. The Balaban J connectivity index is 1.95. The summed E-state index contributed by atoms with van der Waals surface area (Å²) in [5.74, 6) is 0.831. The van der Waals surface area contributed by atoms with Gasteiger partial charge in [0.2, 0.25) is 0 Å². The summed E-state index contributed by atoms with van der Waals surface area (Å²) >= 11 is 5.15. The summed E-state index contributed by atoms with van der Waals surface area (Å²) in [4.78, 5) is 3.31. The molecule has 2 aliphatic rings. The predicted octanol–water partition coefficient (Wildman–Crippen LogP) is 1.78.